The van der Waals surface area contributed by atoms with Gasteiger partial charge in [-0.3, -0.25) is 4.40 Å². The molecule has 1 saturated heterocycles. The van der Waals surface area contributed by atoms with Gasteiger partial charge >= 0.3 is 0 Å². The predicted octanol–water partition coefficient (Wildman–Crippen LogP) is 4.15. The molecule has 1 fully saturated rings. The van der Waals surface area contributed by atoms with E-state index < -0.39 is 0 Å². The number of morpholine rings is 1. The Morgan fingerprint density at radius 1 is 0.967 bits per heavy atom. The van der Waals surface area contributed by atoms with E-state index >= 15 is 0 Å². The van der Waals surface area contributed by atoms with Gasteiger partial charge in [-0.05, 0) is 23.6 Å². The van der Waals surface area contributed by atoms with Crippen LogP contribution in [0.25, 0.3) is 16.8 Å². The summed E-state index contributed by atoms with van der Waals surface area (Å²) < 4.78 is 7.58. The fourth-order valence-electron chi connectivity index (χ4n) is 3.92. The Balaban J connectivity index is 1.36. The number of benzene rings is 2. The minimum absolute atomic E-state index is 0.729. The molecule has 0 saturated carbocycles. The molecule has 2 aromatic carbocycles. The van der Waals surface area contributed by atoms with E-state index in [0.29, 0.717) is 0 Å². The van der Waals surface area contributed by atoms with E-state index in [4.69, 9.17) is 9.72 Å². The quantitative estimate of drug-likeness (QED) is 0.546. The van der Waals surface area contributed by atoms with Crippen LogP contribution in [0.15, 0.2) is 67.0 Å². The molecule has 0 spiro atoms. The monoisotopic (exact) mass is 399 g/mol. The largest absolute Gasteiger partial charge is 0.378 e. The third-order valence-corrected chi connectivity index (χ3v) is 5.53. The number of hydrogen-bond acceptors (Lipinski definition) is 5. The summed E-state index contributed by atoms with van der Waals surface area (Å²) in [5, 5.41) is 3.57. The summed E-state index contributed by atoms with van der Waals surface area (Å²) in [6.45, 7) is 5.92. The molecule has 0 radical (unpaired) electrons. The molecule has 30 heavy (non-hydrogen) atoms. The highest BCUT2D eigenvalue weighted by Gasteiger charge is 2.19. The molecule has 5 rings (SSSR count). The minimum atomic E-state index is 0.729. The number of anilines is 2. The molecule has 2 aromatic heterocycles. The van der Waals surface area contributed by atoms with Crippen LogP contribution < -0.4 is 10.2 Å². The maximum Gasteiger partial charge on any atom is 0.182 e. The van der Waals surface area contributed by atoms with Crippen molar-refractivity contribution < 1.29 is 4.74 Å². The molecule has 0 bridgehead atoms. The summed E-state index contributed by atoms with van der Waals surface area (Å²) in [7, 11) is 0. The number of nitrogens with zero attached hydrogens (tertiary/aromatic N) is 4. The van der Waals surface area contributed by atoms with Gasteiger partial charge in [-0.25, -0.2) is 9.97 Å². The Morgan fingerprint density at radius 2 is 1.70 bits per heavy atom. The van der Waals surface area contributed by atoms with Crippen molar-refractivity contribution in [2.75, 3.05) is 36.5 Å². The summed E-state index contributed by atoms with van der Waals surface area (Å²) in [4.78, 5) is 11.7. The second-order valence-corrected chi connectivity index (χ2v) is 7.51. The van der Waals surface area contributed by atoms with E-state index in [2.05, 4.69) is 68.1 Å². The standard InChI is InChI=1S/C24H25N5O/c1-18-22(26-17-19-7-9-21(10-8-19)20-5-3-2-4-6-20)29-12-11-25-23(24(29)27-18)28-13-15-30-16-14-28/h2-12,26H,13-17H2,1H3. The first-order valence-corrected chi connectivity index (χ1v) is 10.3. The molecule has 3 heterocycles. The van der Waals surface area contributed by atoms with Gasteiger partial charge in [0.15, 0.2) is 11.5 Å². The van der Waals surface area contributed by atoms with Crippen LogP contribution in [0.3, 0.4) is 0 Å². The average Bonchev–Trinajstić information content (AvgIpc) is 3.14. The zero-order chi connectivity index (χ0) is 20.3. The number of hydrogen-bond donors (Lipinski definition) is 1. The zero-order valence-electron chi connectivity index (χ0n) is 17.1. The van der Waals surface area contributed by atoms with Gasteiger partial charge in [-0.1, -0.05) is 54.6 Å². The molecule has 0 unspecified atom stereocenters. The number of rotatable bonds is 5. The lowest BCUT2D eigenvalue weighted by Crippen LogP contribution is -2.37. The summed E-state index contributed by atoms with van der Waals surface area (Å²) in [5.41, 5.74) is 5.55. The SMILES string of the molecule is Cc1nc2c(N3CCOCC3)nccn2c1NCc1ccc(-c2ccccc2)cc1. The van der Waals surface area contributed by atoms with Crippen LogP contribution in [0.4, 0.5) is 11.6 Å². The van der Waals surface area contributed by atoms with Crippen molar-refractivity contribution >= 4 is 17.3 Å². The Kier molecular flexibility index (Phi) is 5.07. The number of nitrogens with one attached hydrogen (secondary N) is 1. The topological polar surface area (TPSA) is 54.7 Å². The van der Waals surface area contributed by atoms with Crippen LogP contribution in [0.5, 0.6) is 0 Å². The third-order valence-electron chi connectivity index (χ3n) is 5.53. The smallest absolute Gasteiger partial charge is 0.182 e. The Bertz CT molecular complexity index is 1130. The average molecular weight is 399 g/mol. The lowest BCUT2D eigenvalue weighted by Gasteiger charge is -2.27. The lowest BCUT2D eigenvalue weighted by atomic mass is 10.0. The third kappa shape index (κ3) is 3.62. The molecular formula is C24H25N5O. The lowest BCUT2D eigenvalue weighted by molar-refractivity contribution is 0.122. The second-order valence-electron chi connectivity index (χ2n) is 7.51. The van der Waals surface area contributed by atoms with Gasteiger partial charge in [-0.2, -0.15) is 0 Å². The van der Waals surface area contributed by atoms with E-state index in [1.165, 1.54) is 16.7 Å². The van der Waals surface area contributed by atoms with E-state index in [9.17, 15) is 0 Å². The maximum absolute atomic E-state index is 5.48. The van der Waals surface area contributed by atoms with Gasteiger partial charge in [0.2, 0.25) is 0 Å². The van der Waals surface area contributed by atoms with Gasteiger partial charge in [0.1, 0.15) is 5.82 Å². The van der Waals surface area contributed by atoms with Crippen molar-refractivity contribution in [3.05, 3.63) is 78.2 Å². The highest BCUT2D eigenvalue weighted by molar-refractivity contribution is 5.69. The molecule has 1 aliphatic rings. The molecule has 152 valence electrons. The molecular weight excluding hydrogens is 374 g/mol. The van der Waals surface area contributed by atoms with Gasteiger partial charge in [0, 0.05) is 32.0 Å². The summed E-state index contributed by atoms with van der Waals surface area (Å²) >= 11 is 0. The highest BCUT2D eigenvalue weighted by Crippen LogP contribution is 2.25. The predicted molar refractivity (Wildman–Crippen MR) is 120 cm³/mol. The van der Waals surface area contributed by atoms with Crippen LogP contribution in [-0.2, 0) is 11.3 Å². The van der Waals surface area contributed by atoms with Crippen molar-refractivity contribution in [1.82, 2.24) is 14.4 Å². The molecule has 1 N–H and O–H groups in total. The van der Waals surface area contributed by atoms with E-state index in [1.807, 2.05) is 25.4 Å². The normalized spacial score (nSPS) is 14.2. The van der Waals surface area contributed by atoms with Crippen LogP contribution in [0.1, 0.15) is 11.3 Å². The molecule has 4 aromatic rings. The number of imidazole rings is 1. The maximum atomic E-state index is 5.48. The number of aromatic nitrogens is 3. The van der Waals surface area contributed by atoms with Gasteiger partial charge in [-0.15, -0.1) is 0 Å². The number of fused-ring (bicyclic) bond motifs is 1. The summed E-state index contributed by atoms with van der Waals surface area (Å²) in [6, 6.07) is 19.1. The van der Waals surface area contributed by atoms with Crippen molar-refractivity contribution in [3.8, 4) is 11.1 Å². The zero-order valence-corrected chi connectivity index (χ0v) is 17.1. The molecule has 6 nitrogen and oxygen atoms in total. The van der Waals surface area contributed by atoms with Gasteiger partial charge in [0.05, 0.1) is 18.9 Å². The summed E-state index contributed by atoms with van der Waals surface area (Å²) in [6.07, 6.45) is 3.82. The van der Waals surface area contributed by atoms with Gasteiger partial charge in [0.25, 0.3) is 0 Å². The fraction of sp³-hybridized carbons (Fsp3) is 0.250. The van der Waals surface area contributed by atoms with Crippen LogP contribution in [0, 0.1) is 6.92 Å². The number of aryl methyl sites for hydroxylation is 1. The highest BCUT2D eigenvalue weighted by atomic mass is 16.5. The molecule has 0 atom stereocenters. The minimum Gasteiger partial charge on any atom is -0.378 e. The van der Waals surface area contributed by atoms with Crippen molar-refractivity contribution in [1.29, 1.82) is 0 Å². The van der Waals surface area contributed by atoms with Gasteiger partial charge < -0.3 is 15.0 Å². The van der Waals surface area contributed by atoms with Crippen molar-refractivity contribution in [2.45, 2.75) is 13.5 Å². The Morgan fingerprint density at radius 3 is 2.47 bits per heavy atom. The summed E-state index contributed by atoms with van der Waals surface area (Å²) in [5.74, 6) is 1.93. The number of ether oxygens (including phenoxy) is 1. The Hall–Kier alpha value is -3.38. The van der Waals surface area contributed by atoms with Crippen molar-refractivity contribution in [2.24, 2.45) is 0 Å². The Labute approximate surface area is 176 Å². The van der Waals surface area contributed by atoms with Crippen LogP contribution >= 0.6 is 0 Å². The first kappa shape index (κ1) is 18.6. The van der Waals surface area contributed by atoms with E-state index in [1.54, 1.807) is 0 Å². The first-order chi connectivity index (χ1) is 14.8. The van der Waals surface area contributed by atoms with E-state index in [-0.39, 0.29) is 0 Å². The second kappa shape index (κ2) is 8.16. The molecule has 0 amide bonds. The van der Waals surface area contributed by atoms with E-state index in [0.717, 1.165) is 55.8 Å². The van der Waals surface area contributed by atoms with Crippen molar-refractivity contribution in [3.63, 3.8) is 0 Å². The molecule has 6 heteroatoms. The molecule has 0 aliphatic carbocycles. The fourth-order valence-corrected chi connectivity index (χ4v) is 3.92. The molecule has 1 aliphatic heterocycles. The van der Waals surface area contributed by atoms with Crippen LogP contribution in [-0.4, -0.2) is 40.7 Å². The van der Waals surface area contributed by atoms with Crippen LogP contribution in [0.2, 0.25) is 0 Å². The first-order valence-electron chi connectivity index (χ1n) is 10.3.